The fraction of sp³-hybridized carbons (Fsp3) is 0.867. The van der Waals surface area contributed by atoms with Crippen LogP contribution in [0, 0.1) is 11.8 Å². The molecule has 1 N–H and O–H groups in total. The zero-order chi connectivity index (χ0) is 14.3. The predicted octanol–water partition coefficient (Wildman–Crippen LogP) is 0.454. The van der Waals surface area contributed by atoms with Crippen LogP contribution < -0.4 is 5.32 Å². The average Bonchev–Trinajstić information content (AvgIpc) is 3.08. The van der Waals surface area contributed by atoms with E-state index in [9.17, 15) is 9.59 Å². The van der Waals surface area contributed by atoms with Crippen molar-refractivity contribution in [2.24, 2.45) is 11.8 Å². The predicted molar refractivity (Wildman–Crippen MR) is 76.1 cm³/mol. The summed E-state index contributed by atoms with van der Waals surface area (Å²) >= 11 is 0. The van der Waals surface area contributed by atoms with Gasteiger partial charge in [0.15, 0.2) is 0 Å². The Balaban J connectivity index is 1.53. The molecule has 0 radical (unpaired) electrons. The lowest BCUT2D eigenvalue weighted by Gasteiger charge is -2.37. The van der Waals surface area contributed by atoms with E-state index in [-0.39, 0.29) is 17.7 Å². The van der Waals surface area contributed by atoms with Crippen molar-refractivity contribution < 1.29 is 9.59 Å². The molecule has 3 saturated heterocycles. The number of hydrogen-bond acceptors (Lipinski definition) is 3. The maximum Gasteiger partial charge on any atom is 0.227 e. The quantitative estimate of drug-likeness (QED) is 0.799. The number of carbonyl (C=O) groups is 2. The number of amides is 2. The number of fused-ring (bicyclic) bond motifs is 2. The molecule has 3 aliphatic heterocycles. The van der Waals surface area contributed by atoms with Crippen molar-refractivity contribution in [3.05, 3.63) is 0 Å². The molecule has 3 aliphatic rings. The maximum atomic E-state index is 12.6. The van der Waals surface area contributed by atoms with Gasteiger partial charge in [-0.1, -0.05) is 13.8 Å². The van der Waals surface area contributed by atoms with Crippen LogP contribution in [0.4, 0.5) is 0 Å². The summed E-state index contributed by atoms with van der Waals surface area (Å²) in [6.07, 6.45) is 3.38. The monoisotopic (exact) mass is 279 g/mol. The van der Waals surface area contributed by atoms with Gasteiger partial charge >= 0.3 is 0 Å². The Morgan fingerprint density at radius 2 is 1.70 bits per heavy atom. The zero-order valence-electron chi connectivity index (χ0n) is 12.5. The van der Waals surface area contributed by atoms with Gasteiger partial charge in [0.1, 0.15) is 0 Å². The minimum absolute atomic E-state index is 0.0482. The van der Waals surface area contributed by atoms with Crippen LogP contribution in [-0.4, -0.2) is 59.9 Å². The van der Waals surface area contributed by atoms with E-state index in [4.69, 9.17) is 0 Å². The molecule has 2 bridgehead atoms. The molecule has 3 rings (SSSR count). The molecular formula is C15H25N3O2. The molecule has 3 atom stereocenters. The molecule has 0 spiro atoms. The first-order valence-corrected chi connectivity index (χ1v) is 7.90. The van der Waals surface area contributed by atoms with Crippen molar-refractivity contribution in [2.75, 3.05) is 26.2 Å². The lowest BCUT2D eigenvalue weighted by atomic mass is 9.88. The van der Waals surface area contributed by atoms with Crippen molar-refractivity contribution in [1.29, 1.82) is 0 Å². The summed E-state index contributed by atoms with van der Waals surface area (Å²) in [5.41, 5.74) is 0. The van der Waals surface area contributed by atoms with E-state index in [1.54, 1.807) is 0 Å². The number of nitrogens with zero attached hydrogens (tertiary/aromatic N) is 2. The fourth-order valence-electron chi connectivity index (χ4n) is 3.84. The molecule has 0 aromatic rings. The van der Waals surface area contributed by atoms with Crippen LogP contribution in [0.15, 0.2) is 0 Å². The maximum absolute atomic E-state index is 12.6. The van der Waals surface area contributed by atoms with Crippen molar-refractivity contribution in [3.8, 4) is 0 Å². The van der Waals surface area contributed by atoms with Gasteiger partial charge in [-0.3, -0.25) is 9.59 Å². The Labute approximate surface area is 120 Å². The highest BCUT2D eigenvalue weighted by atomic mass is 16.2. The van der Waals surface area contributed by atoms with Crippen molar-refractivity contribution in [1.82, 2.24) is 15.1 Å². The molecule has 112 valence electrons. The van der Waals surface area contributed by atoms with Gasteiger partial charge in [0.05, 0.1) is 5.92 Å². The minimum atomic E-state index is 0.0482. The third-order valence-corrected chi connectivity index (χ3v) is 5.01. The molecule has 0 saturated carbocycles. The smallest absolute Gasteiger partial charge is 0.227 e. The van der Waals surface area contributed by atoms with Gasteiger partial charge in [0.25, 0.3) is 0 Å². The van der Waals surface area contributed by atoms with Crippen LogP contribution in [0.5, 0.6) is 0 Å². The van der Waals surface area contributed by atoms with Crippen molar-refractivity contribution >= 4 is 11.8 Å². The molecule has 3 fully saturated rings. The lowest BCUT2D eigenvalue weighted by Crippen LogP contribution is -2.53. The highest BCUT2D eigenvalue weighted by Crippen LogP contribution is 2.34. The SMILES string of the molecule is CC(C)C(=O)N1CCN(C(=O)C2CC3CCC2N3)CC1. The number of rotatable bonds is 2. The van der Waals surface area contributed by atoms with E-state index in [1.807, 2.05) is 23.6 Å². The molecule has 3 unspecified atom stereocenters. The summed E-state index contributed by atoms with van der Waals surface area (Å²) in [4.78, 5) is 28.4. The second-order valence-electron chi connectivity index (χ2n) is 6.69. The Morgan fingerprint density at radius 1 is 1.05 bits per heavy atom. The van der Waals surface area contributed by atoms with Crippen LogP contribution in [0.25, 0.3) is 0 Å². The Kier molecular flexibility index (Phi) is 3.71. The Hall–Kier alpha value is -1.10. The van der Waals surface area contributed by atoms with Crippen molar-refractivity contribution in [3.63, 3.8) is 0 Å². The average molecular weight is 279 g/mol. The van der Waals surface area contributed by atoms with E-state index < -0.39 is 0 Å². The molecule has 0 aliphatic carbocycles. The summed E-state index contributed by atoms with van der Waals surface area (Å²) in [5.74, 6) is 0.744. The third-order valence-electron chi connectivity index (χ3n) is 5.01. The molecule has 0 aromatic carbocycles. The van der Waals surface area contributed by atoms with Crippen LogP contribution >= 0.6 is 0 Å². The van der Waals surface area contributed by atoms with Crippen LogP contribution in [-0.2, 0) is 9.59 Å². The number of nitrogens with one attached hydrogen (secondary N) is 1. The third kappa shape index (κ3) is 2.43. The summed E-state index contributed by atoms with van der Waals surface area (Å²) < 4.78 is 0. The first-order valence-electron chi connectivity index (χ1n) is 7.90. The highest BCUT2D eigenvalue weighted by Gasteiger charge is 2.44. The first-order chi connectivity index (χ1) is 9.56. The van der Waals surface area contributed by atoms with E-state index in [0.29, 0.717) is 44.2 Å². The van der Waals surface area contributed by atoms with Gasteiger partial charge in [-0.25, -0.2) is 0 Å². The largest absolute Gasteiger partial charge is 0.339 e. The zero-order valence-corrected chi connectivity index (χ0v) is 12.5. The van der Waals surface area contributed by atoms with Gasteiger partial charge in [-0.05, 0) is 19.3 Å². The van der Waals surface area contributed by atoms with E-state index in [2.05, 4.69) is 5.32 Å². The van der Waals surface area contributed by atoms with Gasteiger partial charge in [0.2, 0.25) is 11.8 Å². The molecule has 3 heterocycles. The number of piperazine rings is 1. The van der Waals surface area contributed by atoms with E-state index in [0.717, 1.165) is 12.8 Å². The normalized spacial score (nSPS) is 33.0. The number of carbonyl (C=O) groups excluding carboxylic acids is 2. The molecule has 20 heavy (non-hydrogen) atoms. The molecule has 5 nitrogen and oxygen atoms in total. The summed E-state index contributed by atoms with van der Waals surface area (Å²) in [6, 6.07) is 0.973. The van der Waals surface area contributed by atoms with Crippen molar-refractivity contribution in [2.45, 2.75) is 45.2 Å². The van der Waals surface area contributed by atoms with Gasteiger partial charge in [0, 0.05) is 44.2 Å². The van der Waals surface area contributed by atoms with Gasteiger partial charge in [-0.15, -0.1) is 0 Å². The topological polar surface area (TPSA) is 52.7 Å². The Morgan fingerprint density at radius 3 is 2.20 bits per heavy atom. The van der Waals surface area contributed by atoms with Gasteiger partial charge in [-0.2, -0.15) is 0 Å². The van der Waals surface area contributed by atoms with Crippen LogP contribution in [0.2, 0.25) is 0 Å². The van der Waals surface area contributed by atoms with Crippen LogP contribution in [0.3, 0.4) is 0 Å². The van der Waals surface area contributed by atoms with Gasteiger partial charge < -0.3 is 15.1 Å². The highest BCUT2D eigenvalue weighted by molar-refractivity contribution is 5.81. The fourth-order valence-corrected chi connectivity index (χ4v) is 3.84. The van der Waals surface area contributed by atoms with E-state index >= 15 is 0 Å². The number of hydrogen-bond donors (Lipinski definition) is 1. The molecule has 2 amide bonds. The molecular weight excluding hydrogens is 254 g/mol. The van der Waals surface area contributed by atoms with Crippen LogP contribution in [0.1, 0.15) is 33.1 Å². The van der Waals surface area contributed by atoms with E-state index in [1.165, 1.54) is 6.42 Å². The standard InChI is InChI=1S/C15H25N3O2/c1-10(2)14(19)17-5-7-18(8-6-17)15(20)12-9-11-3-4-13(12)16-11/h10-13,16H,3-9H2,1-2H3. The summed E-state index contributed by atoms with van der Waals surface area (Å²) in [5, 5.41) is 3.53. The molecule has 0 aromatic heterocycles. The first kappa shape index (κ1) is 13.9. The summed E-state index contributed by atoms with van der Waals surface area (Å²) in [6.45, 7) is 6.64. The summed E-state index contributed by atoms with van der Waals surface area (Å²) in [7, 11) is 0. The molecule has 5 heteroatoms. The second kappa shape index (κ2) is 5.35. The second-order valence-corrected chi connectivity index (χ2v) is 6.69. The Bertz CT molecular complexity index is 402. The minimum Gasteiger partial charge on any atom is -0.339 e. The lowest BCUT2D eigenvalue weighted by molar-refractivity contribution is -0.143.